The van der Waals surface area contributed by atoms with Gasteiger partial charge in [0.05, 0.1) is 5.69 Å². The maximum absolute atomic E-state index is 12.2. The highest BCUT2D eigenvalue weighted by Gasteiger charge is 2.30. The summed E-state index contributed by atoms with van der Waals surface area (Å²) in [6.45, 7) is 0. The molecule has 1 aromatic heterocycles. The van der Waals surface area contributed by atoms with E-state index < -0.39 is 6.30 Å². The Morgan fingerprint density at radius 1 is 1.07 bits per heavy atom. The summed E-state index contributed by atoms with van der Waals surface area (Å²) in [4.78, 5) is 3.70. The average molecular weight is 212 g/mol. The quantitative estimate of drug-likeness (QED) is 0.710. The van der Waals surface area contributed by atoms with E-state index in [2.05, 4.69) is 4.98 Å². The van der Waals surface area contributed by atoms with Gasteiger partial charge in [0.15, 0.2) is 0 Å². The lowest BCUT2D eigenvalue weighted by atomic mass is 10.2. The van der Waals surface area contributed by atoms with Gasteiger partial charge in [-0.05, 0) is 0 Å². The van der Waals surface area contributed by atoms with Crippen LogP contribution in [-0.2, 0) is 6.30 Å². The van der Waals surface area contributed by atoms with Crippen molar-refractivity contribution in [1.82, 2.24) is 9.55 Å². The summed E-state index contributed by atoms with van der Waals surface area (Å²) in [5.74, 6) is 0. The van der Waals surface area contributed by atoms with Crippen molar-refractivity contribution in [2.75, 3.05) is 0 Å². The first kappa shape index (κ1) is 9.76. The lowest BCUT2D eigenvalue weighted by Crippen LogP contribution is -2.13. The molecule has 2 rings (SSSR count). The molecule has 0 atom stereocenters. The van der Waals surface area contributed by atoms with E-state index in [1.165, 1.54) is 0 Å². The fourth-order valence-corrected chi connectivity index (χ4v) is 1.22. The van der Waals surface area contributed by atoms with Gasteiger partial charge in [0.2, 0.25) is 0 Å². The van der Waals surface area contributed by atoms with Gasteiger partial charge in [-0.3, -0.25) is 0 Å². The average Bonchev–Trinajstić information content (AvgIpc) is 2.67. The molecule has 0 radical (unpaired) electrons. The van der Waals surface area contributed by atoms with Crippen molar-refractivity contribution < 1.29 is 13.2 Å². The summed E-state index contributed by atoms with van der Waals surface area (Å²) >= 11 is 0. The Bertz CT molecular complexity index is 445. The van der Waals surface area contributed by atoms with E-state index in [4.69, 9.17) is 0 Å². The molecule has 0 unspecified atom stereocenters. The van der Waals surface area contributed by atoms with Crippen LogP contribution in [0.15, 0.2) is 42.9 Å². The molecule has 1 heterocycles. The SMILES string of the molecule is FC(F)(F)n1cnc(-c2ccccc2)c1. The number of rotatable bonds is 1. The number of halogens is 3. The Morgan fingerprint density at radius 3 is 2.27 bits per heavy atom. The summed E-state index contributed by atoms with van der Waals surface area (Å²) in [6.07, 6.45) is -2.67. The normalized spacial score (nSPS) is 11.7. The predicted octanol–water partition coefficient (Wildman–Crippen LogP) is 3.03. The molecule has 2 aromatic rings. The third-order valence-corrected chi connectivity index (χ3v) is 1.94. The predicted molar refractivity (Wildman–Crippen MR) is 49.0 cm³/mol. The number of benzene rings is 1. The third-order valence-electron chi connectivity index (χ3n) is 1.94. The Labute approximate surface area is 84.0 Å². The molecular weight excluding hydrogens is 205 g/mol. The Hall–Kier alpha value is -1.78. The van der Waals surface area contributed by atoms with Crippen LogP contribution in [0.2, 0.25) is 0 Å². The Balaban J connectivity index is 2.37. The number of hydrogen-bond donors (Lipinski definition) is 0. The van der Waals surface area contributed by atoms with E-state index in [9.17, 15) is 13.2 Å². The van der Waals surface area contributed by atoms with Crippen LogP contribution >= 0.6 is 0 Å². The molecule has 2 nitrogen and oxygen atoms in total. The van der Waals surface area contributed by atoms with Crippen LogP contribution in [0.1, 0.15) is 0 Å². The van der Waals surface area contributed by atoms with Gasteiger partial charge < -0.3 is 0 Å². The minimum atomic E-state index is -4.40. The van der Waals surface area contributed by atoms with Gasteiger partial charge in [-0.15, -0.1) is 13.2 Å². The molecule has 0 saturated carbocycles. The molecule has 5 heteroatoms. The van der Waals surface area contributed by atoms with Gasteiger partial charge in [0, 0.05) is 11.8 Å². The van der Waals surface area contributed by atoms with Crippen molar-refractivity contribution in [3.05, 3.63) is 42.9 Å². The summed E-state index contributed by atoms with van der Waals surface area (Å²) in [6, 6.07) is 8.72. The topological polar surface area (TPSA) is 17.8 Å². The van der Waals surface area contributed by atoms with Crippen LogP contribution in [0, 0.1) is 0 Å². The van der Waals surface area contributed by atoms with Gasteiger partial charge in [0.1, 0.15) is 6.33 Å². The maximum Gasteiger partial charge on any atom is 0.489 e. The first-order chi connectivity index (χ1) is 7.07. The Morgan fingerprint density at radius 2 is 1.73 bits per heavy atom. The zero-order valence-corrected chi connectivity index (χ0v) is 7.57. The summed E-state index contributed by atoms with van der Waals surface area (Å²) in [7, 11) is 0. The van der Waals surface area contributed by atoms with E-state index in [-0.39, 0.29) is 4.57 Å². The van der Waals surface area contributed by atoms with Gasteiger partial charge in [-0.1, -0.05) is 30.3 Å². The van der Waals surface area contributed by atoms with Crippen molar-refractivity contribution in [3.8, 4) is 11.3 Å². The number of aromatic nitrogens is 2. The number of hydrogen-bond acceptors (Lipinski definition) is 1. The van der Waals surface area contributed by atoms with Gasteiger partial charge >= 0.3 is 6.30 Å². The maximum atomic E-state index is 12.2. The molecule has 0 bridgehead atoms. The molecule has 1 aromatic carbocycles. The first-order valence-corrected chi connectivity index (χ1v) is 4.24. The van der Waals surface area contributed by atoms with E-state index in [1.54, 1.807) is 30.3 Å². The second-order valence-electron chi connectivity index (χ2n) is 3.00. The number of alkyl halides is 3. The minimum absolute atomic E-state index is 0.134. The summed E-state index contributed by atoms with van der Waals surface area (Å²) < 4.78 is 36.9. The molecule has 0 N–H and O–H groups in total. The van der Waals surface area contributed by atoms with Crippen LogP contribution in [0.3, 0.4) is 0 Å². The van der Waals surface area contributed by atoms with E-state index in [1.807, 2.05) is 0 Å². The van der Waals surface area contributed by atoms with Crippen molar-refractivity contribution in [2.24, 2.45) is 0 Å². The highest BCUT2D eigenvalue weighted by atomic mass is 19.4. The van der Waals surface area contributed by atoms with Crippen LogP contribution in [0.4, 0.5) is 13.2 Å². The van der Waals surface area contributed by atoms with Crippen molar-refractivity contribution >= 4 is 0 Å². The molecule has 0 amide bonds. The largest absolute Gasteiger partial charge is 0.489 e. The lowest BCUT2D eigenvalue weighted by Gasteiger charge is -2.04. The second-order valence-corrected chi connectivity index (χ2v) is 3.00. The smallest absolute Gasteiger partial charge is 0.247 e. The van der Waals surface area contributed by atoms with Crippen LogP contribution in [-0.4, -0.2) is 9.55 Å². The van der Waals surface area contributed by atoms with E-state index >= 15 is 0 Å². The zero-order chi connectivity index (χ0) is 10.9. The minimum Gasteiger partial charge on any atom is -0.247 e. The van der Waals surface area contributed by atoms with Crippen LogP contribution in [0.5, 0.6) is 0 Å². The molecule has 0 aliphatic rings. The van der Waals surface area contributed by atoms with Crippen molar-refractivity contribution in [3.63, 3.8) is 0 Å². The van der Waals surface area contributed by atoms with E-state index in [0.29, 0.717) is 11.3 Å². The van der Waals surface area contributed by atoms with Crippen molar-refractivity contribution in [1.29, 1.82) is 0 Å². The highest BCUT2D eigenvalue weighted by Crippen LogP contribution is 2.25. The fraction of sp³-hybridized carbons (Fsp3) is 0.100. The highest BCUT2D eigenvalue weighted by molar-refractivity contribution is 5.57. The molecule has 0 saturated heterocycles. The lowest BCUT2D eigenvalue weighted by molar-refractivity contribution is -0.204. The van der Waals surface area contributed by atoms with Gasteiger partial charge in [0.25, 0.3) is 0 Å². The molecule has 0 fully saturated rings. The molecule has 0 spiro atoms. The first-order valence-electron chi connectivity index (χ1n) is 4.24. The fourth-order valence-electron chi connectivity index (χ4n) is 1.22. The molecular formula is C10H7F3N2. The number of nitrogens with zero attached hydrogens (tertiary/aromatic N) is 2. The summed E-state index contributed by atoms with van der Waals surface area (Å²) in [5, 5.41) is 0. The molecule has 0 aliphatic carbocycles. The standard InChI is InChI=1S/C10H7F3N2/c11-10(12,13)15-6-9(14-7-15)8-4-2-1-3-5-8/h1-7H. The number of imidazole rings is 1. The van der Waals surface area contributed by atoms with Crippen LogP contribution < -0.4 is 0 Å². The molecule has 15 heavy (non-hydrogen) atoms. The van der Waals surface area contributed by atoms with Crippen molar-refractivity contribution in [2.45, 2.75) is 6.30 Å². The van der Waals surface area contributed by atoms with Gasteiger partial charge in [-0.25, -0.2) is 9.55 Å². The molecule has 78 valence electrons. The Kier molecular flexibility index (Phi) is 2.22. The zero-order valence-electron chi connectivity index (χ0n) is 7.57. The third kappa shape index (κ3) is 2.01. The van der Waals surface area contributed by atoms with Crippen LogP contribution in [0.25, 0.3) is 11.3 Å². The summed E-state index contributed by atoms with van der Waals surface area (Å²) in [5.41, 5.74) is 0.980. The molecule has 0 aliphatic heterocycles. The van der Waals surface area contributed by atoms with E-state index in [0.717, 1.165) is 12.5 Å². The monoisotopic (exact) mass is 212 g/mol. The van der Waals surface area contributed by atoms with Gasteiger partial charge in [-0.2, -0.15) is 0 Å². The second kappa shape index (κ2) is 3.42.